The molecule has 2 aliphatic heterocycles. The van der Waals surface area contributed by atoms with E-state index < -0.39 is 30.5 Å². The fraction of sp³-hybridized carbons (Fsp3) is 0.350. The second-order valence-corrected chi connectivity index (χ2v) is 14.4. The molecule has 0 aliphatic carbocycles. The SMILES string of the molecule is N=C(N)N1CCCC(C[C@H](NC(=O)CN2C(=O)CN(CCCc3ccccc3)C(=O)[C@H]2C(c2ccccc2)c2ccccc2)C(=O)c2nccs2)C1. The van der Waals surface area contributed by atoms with E-state index in [1.54, 1.807) is 21.4 Å². The summed E-state index contributed by atoms with van der Waals surface area (Å²) in [5.74, 6) is -1.95. The van der Waals surface area contributed by atoms with Gasteiger partial charge in [0, 0.05) is 37.1 Å². The maximum atomic E-state index is 14.6. The predicted molar refractivity (Wildman–Crippen MR) is 201 cm³/mol. The van der Waals surface area contributed by atoms with Gasteiger partial charge in [-0.15, -0.1) is 11.3 Å². The van der Waals surface area contributed by atoms with Gasteiger partial charge in [0.2, 0.25) is 23.5 Å². The minimum absolute atomic E-state index is 0.00259. The normalized spacial score (nSPS) is 18.4. The van der Waals surface area contributed by atoms with E-state index in [0.29, 0.717) is 32.5 Å². The smallest absolute Gasteiger partial charge is 0.246 e. The largest absolute Gasteiger partial charge is 0.370 e. The molecule has 270 valence electrons. The Labute approximate surface area is 308 Å². The number of amides is 3. The Morgan fingerprint density at radius 1 is 0.962 bits per heavy atom. The first-order chi connectivity index (χ1) is 25.3. The van der Waals surface area contributed by atoms with Crippen molar-refractivity contribution in [3.05, 3.63) is 124 Å². The minimum atomic E-state index is -0.996. The zero-order chi connectivity index (χ0) is 36.5. The number of Topliss-reactive ketones (excluding diaryl/α,β-unsaturated/α-hetero) is 1. The number of aryl methyl sites for hydroxylation is 1. The number of piperazine rings is 1. The number of hydrogen-bond acceptors (Lipinski definition) is 7. The molecule has 3 heterocycles. The summed E-state index contributed by atoms with van der Waals surface area (Å²) in [4.78, 5) is 65.6. The molecule has 0 bridgehead atoms. The summed E-state index contributed by atoms with van der Waals surface area (Å²) in [5.41, 5.74) is 8.64. The van der Waals surface area contributed by atoms with Crippen LogP contribution in [0.2, 0.25) is 0 Å². The van der Waals surface area contributed by atoms with Gasteiger partial charge >= 0.3 is 0 Å². The highest BCUT2D eigenvalue weighted by Gasteiger charge is 2.45. The molecule has 12 heteroatoms. The summed E-state index contributed by atoms with van der Waals surface area (Å²) in [6.45, 7) is 1.04. The van der Waals surface area contributed by atoms with E-state index in [0.717, 1.165) is 36.0 Å². The molecule has 0 saturated carbocycles. The fourth-order valence-corrected chi connectivity index (χ4v) is 8.06. The van der Waals surface area contributed by atoms with Crippen LogP contribution in [0.3, 0.4) is 0 Å². The van der Waals surface area contributed by atoms with Crippen LogP contribution in [0, 0.1) is 11.3 Å². The Kier molecular flexibility index (Phi) is 12.1. The third kappa shape index (κ3) is 8.92. The third-order valence-electron chi connectivity index (χ3n) is 9.95. The lowest BCUT2D eigenvalue weighted by molar-refractivity contribution is -0.158. The molecule has 4 aromatic rings. The van der Waals surface area contributed by atoms with Crippen molar-refractivity contribution in [3.63, 3.8) is 0 Å². The fourth-order valence-electron chi connectivity index (χ4n) is 7.43. The van der Waals surface area contributed by atoms with E-state index >= 15 is 0 Å². The molecule has 3 atom stereocenters. The molecule has 0 spiro atoms. The van der Waals surface area contributed by atoms with Crippen LogP contribution in [0.25, 0.3) is 0 Å². The van der Waals surface area contributed by atoms with Crippen LogP contribution in [0.1, 0.15) is 58.1 Å². The van der Waals surface area contributed by atoms with E-state index in [9.17, 15) is 19.2 Å². The number of ketones is 1. The Balaban J connectivity index is 1.27. The molecule has 52 heavy (non-hydrogen) atoms. The van der Waals surface area contributed by atoms with Gasteiger partial charge in [-0.3, -0.25) is 24.6 Å². The maximum absolute atomic E-state index is 14.6. The number of rotatable bonds is 14. The number of carbonyl (C=O) groups is 4. The van der Waals surface area contributed by atoms with Gasteiger partial charge in [-0.05, 0) is 54.7 Å². The van der Waals surface area contributed by atoms with Gasteiger partial charge in [0.05, 0.1) is 12.6 Å². The van der Waals surface area contributed by atoms with Crippen molar-refractivity contribution < 1.29 is 19.2 Å². The van der Waals surface area contributed by atoms with Gasteiger partial charge in [-0.1, -0.05) is 91.0 Å². The van der Waals surface area contributed by atoms with Crippen LogP contribution in [0.4, 0.5) is 0 Å². The Bertz CT molecular complexity index is 1780. The van der Waals surface area contributed by atoms with Crippen LogP contribution >= 0.6 is 11.3 Å². The number of thiazole rings is 1. The number of benzene rings is 3. The van der Waals surface area contributed by atoms with Gasteiger partial charge in [0.25, 0.3) is 0 Å². The summed E-state index contributed by atoms with van der Waals surface area (Å²) in [6, 6.07) is 27.3. The molecule has 2 saturated heterocycles. The predicted octanol–water partition coefficient (Wildman–Crippen LogP) is 4.31. The number of nitrogens with zero attached hydrogens (tertiary/aromatic N) is 4. The van der Waals surface area contributed by atoms with Gasteiger partial charge in [-0.25, -0.2) is 4.98 Å². The van der Waals surface area contributed by atoms with Crippen molar-refractivity contribution in [3.8, 4) is 0 Å². The molecule has 0 radical (unpaired) electrons. The summed E-state index contributed by atoms with van der Waals surface area (Å²) < 4.78 is 0. The molecule has 1 aromatic heterocycles. The highest BCUT2D eigenvalue weighted by molar-refractivity contribution is 7.11. The lowest BCUT2D eigenvalue weighted by Crippen LogP contribution is -2.63. The molecule has 3 aromatic carbocycles. The first kappa shape index (κ1) is 36.4. The van der Waals surface area contributed by atoms with Crippen molar-refractivity contribution in [2.24, 2.45) is 11.7 Å². The van der Waals surface area contributed by atoms with Crippen molar-refractivity contribution in [2.45, 2.75) is 50.1 Å². The van der Waals surface area contributed by atoms with Gasteiger partial charge in [0.1, 0.15) is 12.6 Å². The highest BCUT2D eigenvalue weighted by atomic mass is 32.1. The third-order valence-corrected chi connectivity index (χ3v) is 10.7. The Morgan fingerprint density at radius 2 is 1.62 bits per heavy atom. The van der Waals surface area contributed by atoms with Crippen LogP contribution in [0.15, 0.2) is 103 Å². The molecular weight excluding hydrogens is 675 g/mol. The maximum Gasteiger partial charge on any atom is 0.246 e. The first-order valence-electron chi connectivity index (χ1n) is 17.8. The molecular formula is C40H45N7O4S. The molecule has 3 amide bonds. The summed E-state index contributed by atoms with van der Waals surface area (Å²) in [5, 5.41) is 12.8. The number of piperidine rings is 1. The van der Waals surface area contributed by atoms with Gasteiger partial charge in [-0.2, -0.15) is 0 Å². The van der Waals surface area contributed by atoms with Crippen molar-refractivity contribution in [1.82, 2.24) is 25.0 Å². The molecule has 6 rings (SSSR count). The number of likely N-dealkylation sites (tertiary alicyclic amines) is 1. The van der Waals surface area contributed by atoms with E-state index in [2.05, 4.69) is 10.3 Å². The van der Waals surface area contributed by atoms with Crippen LogP contribution < -0.4 is 11.1 Å². The van der Waals surface area contributed by atoms with E-state index in [-0.39, 0.29) is 41.0 Å². The second-order valence-electron chi connectivity index (χ2n) is 13.5. The summed E-state index contributed by atoms with van der Waals surface area (Å²) >= 11 is 1.20. The number of aromatic nitrogens is 1. The number of guanidine groups is 1. The monoisotopic (exact) mass is 719 g/mol. The zero-order valence-electron chi connectivity index (χ0n) is 29.1. The van der Waals surface area contributed by atoms with Crippen molar-refractivity contribution >= 4 is 40.8 Å². The van der Waals surface area contributed by atoms with Crippen LogP contribution in [-0.4, -0.2) is 94.0 Å². The quantitative estimate of drug-likeness (QED) is 0.0998. The Hall–Kier alpha value is -5.36. The second kappa shape index (κ2) is 17.2. The average Bonchev–Trinajstić information content (AvgIpc) is 3.71. The summed E-state index contributed by atoms with van der Waals surface area (Å²) in [6.07, 6.45) is 4.95. The molecule has 1 unspecified atom stereocenters. The lowest BCUT2D eigenvalue weighted by atomic mass is 9.82. The van der Waals surface area contributed by atoms with E-state index in [1.807, 2.05) is 91.0 Å². The summed E-state index contributed by atoms with van der Waals surface area (Å²) in [7, 11) is 0. The highest BCUT2D eigenvalue weighted by Crippen LogP contribution is 2.34. The topological polar surface area (TPSA) is 153 Å². The Morgan fingerprint density at radius 3 is 2.23 bits per heavy atom. The average molecular weight is 720 g/mol. The lowest BCUT2D eigenvalue weighted by Gasteiger charge is -2.43. The number of nitrogens with one attached hydrogen (secondary N) is 2. The zero-order valence-corrected chi connectivity index (χ0v) is 29.9. The van der Waals surface area contributed by atoms with Crippen LogP contribution in [-0.2, 0) is 20.8 Å². The molecule has 4 N–H and O–H groups in total. The molecule has 2 aliphatic rings. The number of hydrogen-bond donors (Lipinski definition) is 3. The van der Waals surface area contributed by atoms with Crippen molar-refractivity contribution in [1.29, 1.82) is 5.41 Å². The standard InChI is InChI=1S/C40H45N7O4S/c41-40(42)46-22-11-15-29(25-46)24-32(37(50)38-43-20-23-52-38)44-33(48)26-47-34(49)27-45(21-10-14-28-12-4-1-5-13-28)39(51)36(47)35(30-16-6-2-7-17-30)31-18-8-3-9-19-31/h1-9,12-13,16-20,23,29,32,35-36H,10-11,14-15,21-22,24-27H2,(H3,41,42)(H,44,48)/t29?,32-,36+/m0/s1. The number of nitrogens with two attached hydrogens (primary N) is 1. The van der Waals surface area contributed by atoms with E-state index in [1.165, 1.54) is 16.2 Å². The van der Waals surface area contributed by atoms with Crippen molar-refractivity contribution in [2.75, 3.05) is 32.7 Å². The van der Waals surface area contributed by atoms with Gasteiger partial charge in [0.15, 0.2) is 11.0 Å². The minimum Gasteiger partial charge on any atom is -0.370 e. The molecule has 11 nitrogen and oxygen atoms in total. The first-order valence-corrected chi connectivity index (χ1v) is 18.7. The number of carbonyl (C=O) groups excluding carboxylic acids is 4. The molecule has 2 fully saturated rings. The van der Waals surface area contributed by atoms with Crippen LogP contribution in [0.5, 0.6) is 0 Å². The van der Waals surface area contributed by atoms with Gasteiger partial charge < -0.3 is 25.8 Å². The van der Waals surface area contributed by atoms with E-state index in [4.69, 9.17) is 11.1 Å².